The first-order valence-electron chi connectivity index (χ1n) is 6.85. The van der Waals surface area contributed by atoms with Crippen molar-refractivity contribution in [1.29, 1.82) is 5.26 Å². The van der Waals surface area contributed by atoms with Crippen LogP contribution < -0.4 is 15.4 Å². The van der Waals surface area contributed by atoms with Gasteiger partial charge < -0.3 is 15.4 Å². The van der Waals surface area contributed by atoms with E-state index in [1.807, 2.05) is 25.1 Å². The Kier molecular flexibility index (Phi) is 3.22. The van der Waals surface area contributed by atoms with Crippen molar-refractivity contribution in [1.82, 2.24) is 0 Å². The molecule has 0 aliphatic carbocycles. The molecule has 5 heteroatoms. The molecular formula is C17H15N3O2. The van der Waals surface area contributed by atoms with Gasteiger partial charge in [-0.15, -0.1) is 0 Å². The van der Waals surface area contributed by atoms with Gasteiger partial charge in [-0.1, -0.05) is 17.7 Å². The number of aryl methyl sites for hydroxylation is 1. The molecule has 22 heavy (non-hydrogen) atoms. The highest BCUT2D eigenvalue weighted by Gasteiger charge is 2.47. The van der Waals surface area contributed by atoms with Gasteiger partial charge in [0.1, 0.15) is 11.8 Å². The molecule has 1 heterocycles. The predicted octanol–water partition coefficient (Wildman–Crippen LogP) is 2.79. The van der Waals surface area contributed by atoms with E-state index in [0.29, 0.717) is 22.7 Å². The smallest absolute Gasteiger partial charge is 0.269 e. The van der Waals surface area contributed by atoms with Crippen molar-refractivity contribution in [2.75, 3.05) is 17.7 Å². The highest BCUT2D eigenvalue weighted by Crippen LogP contribution is 2.38. The van der Waals surface area contributed by atoms with Crippen molar-refractivity contribution in [3.05, 3.63) is 53.6 Å². The van der Waals surface area contributed by atoms with Crippen LogP contribution in [0.3, 0.4) is 0 Å². The van der Waals surface area contributed by atoms with Gasteiger partial charge >= 0.3 is 0 Å². The van der Waals surface area contributed by atoms with Crippen LogP contribution in [-0.2, 0) is 10.3 Å². The number of fused-ring (bicyclic) bond motifs is 1. The maximum absolute atomic E-state index is 12.4. The number of carbonyl (C=O) groups is 1. The molecule has 2 aromatic rings. The fraction of sp³-hybridized carbons (Fsp3) is 0.176. The third kappa shape index (κ3) is 2.06. The van der Waals surface area contributed by atoms with E-state index in [1.54, 1.807) is 31.4 Å². The predicted molar refractivity (Wildman–Crippen MR) is 83.7 cm³/mol. The lowest BCUT2D eigenvalue weighted by atomic mass is 9.91. The highest BCUT2D eigenvalue weighted by molar-refractivity contribution is 6.10. The number of rotatable bonds is 3. The summed E-state index contributed by atoms with van der Waals surface area (Å²) >= 11 is 0. The van der Waals surface area contributed by atoms with Crippen LogP contribution in [0.1, 0.15) is 11.1 Å². The molecule has 1 aliphatic rings. The topological polar surface area (TPSA) is 74.1 Å². The summed E-state index contributed by atoms with van der Waals surface area (Å²) in [7, 11) is 1.59. The molecule has 2 aromatic carbocycles. The molecule has 0 radical (unpaired) electrons. The summed E-state index contributed by atoms with van der Waals surface area (Å²) in [6, 6.07) is 14.8. The number of amides is 1. The van der Waals surface area contributed by atoms with Crippen LogP contribution in [0.15, 0.2) is 42.5 Å². The first-order valence-corrected chi connectivity index (χ1v) is 6.85. The van der Waals surface area contributed by atoms with E-state index >= 15 is 0 Å². The van der Waals surface area contributed by atoms with Crippen molar-refractivity contribution in [3.8, 4) is 11.8 Å². The summed E-state index contributed by atoms with van der Waals surface area (Å²) in [4.78, 5) is 12.4. The Labute approximate surface area is 128 Å². The minimum atomic E-state index is -1.42. The van der Waals surface area contributed by atoms with Crippen molar-refractivity contribution >= 4 is 17.3 Å². The van der Waals surface area contributed by atoms with Gasteiger partial charge in [0, 0.05) is 16.9 Å². The minimum Gasteiger partial charge on any atom is -0.497 e. The van der Waals surface area contributed by atoms with E-state index in [9.17, 15) is 10.1 Å². The second-order valence-electron chi connectivity index (χ2n) is 5.22. The van der Waals surface area contributed by atoms with Crippen LogP contribution in [0.5, 0.6) is 5.75 Å². The van der Waals surface area contributed by atoms with E-state index in [-0.39, 0.29) is 5.91 Å². The van der Waals surface area contributed by atoms with Crippen molar-refractivity contribution in [2.24, 2.45) is 0 Å². The number of ether oxygens (including phenoxy) is 1. The molecule has 1 amide bonds. The number of nitrogens with one attached hydrogen (secondary N) is 2. The lowest BCUT2D eigenvalue weighted by Crippen LogP contribution is -2.40. The van der Waals surface area contributed by atoms with E-state index in [0.717, 1.165) is 5.56 Å². The first-order chi connectivity index (χ1) is 10.6. The summed E-state index contributed by atoms with van der Waals surface area (Å²) in [5.41, 5.74) is 1.56. The van der Waals surface area contributed by atoms with Gasteiger partial charge in [-0.2, -0.15) is 5.26 Å². The molecule has 1 unspecified atom stereocenters. The van der Waals surface area contributed by atoms with Crippen LogP contribution in [0.2, 0.25) is 0 Å². The van der Waals surface area contributed by atoms with Gasteiger partial charge in [-0.3, -0.25) is 4.79 Å². The summed E-state index contributed by atoms with van der Waals surface area (Å²) in [5.74, 6) is 0.343. The van der Waals surface area contributed by atoms with Crippen LogP contribution in [0, 0.1) is 18.3 Å². The Bertz CT molecular complexity index is 777. The minimum absolute atomic E-state index is 0.369. The number of hydrogen-bond acceptors (Lipinski definition) is 4. The van der Waals surface area contributed by atoms with Gasteiger partial charge in [0.25, 0.3) is 5.91 Å². The number of nitriles is 1. The largest absolute Gasteiger partial charge is 0.497 e. The Balaban J connectivity index is 2.04. The first kappa shape index (κ1) is 14.0. The van der Waals surface area contributed by atoms with Crippen LogP contribution >= 0.6 is 0 Å². The molecule has 3 rings (SSSR count). The molecule has 1 atom stereocenters. The van der Waals surface area contributed by atoms with Gasteiger partial charge in [0.05, 0.1) is 7.11 Å². The van der Waals surface area contributed by atoms with Gasteiger partial charge in [0.15, 0.2) is 0 Å². The quantitative estimate of drug-likeness (QED) is 0.912. The Morgan fingerprint density at radius 3 is 2.59 bits per heavy atom. The number of nitrogens with zero attached hydrogens (tertiary/aromatic N) is 1. The normalized spacial score (nSPS) is 19.0. The van der Waals surface area contributed by atoms with Crippen LogP contribution in [-0.4, -0.2) is 13.0 Å². The van der Waals surface area contributed by atoms with Crippen molar-refractivity contribution in [2.45, 2.75) is 12.5 Å². The summed E-state index contributed by atoms with van der Waals surface area (Å²) in [6.07, 6.45) is 0. The standard InChI is InChI=1S/C17H15N3O2/c1-11-3-8-15-14(9-11)17(10-18,16(21)19-15)20-12-4-6-13(22-2)7-5-12/h3-9,20H,1-2H3,(H,19,21). The molecule has 5 nitrogen and oxygen atoms in total. The Morgan fingerprint density at radius 2 is 1.95 bits per heavy atom. The Hall–Kier alpha value is -3.00. The van der Waals surface area contributed by atoms with Crippen LogP contribution in [0.4, 0.5) is 11.4 Å². The molecule has 0 saturated carbocycles. The zero-order chi connectivity index (χ0) is 15.7. The Morgan fingerprint density at radius 1 is 1.23 bits per heavy atom. The second-order valence-corrected chi connectivity index (χ2v) is 5.22. The van der Waals surface area contributed by atoms with Gasteiger partial charge in [-0.25, -0.2) is 0 Å². The van der Waals surface area contributed by atoms with E-state index in [1.165, 1.54) is 0 Å². The number of hydrogen-bond donors (Lipinski definition) is 2. The lowest BCUT2D eigenvalue weighted by Gasteiger charge is -2.22. The molecule has 110 valence electrons. The van der Waals surface area contributed by atoms with Crippen molar-refractivity contribution < 1.29 is 9.53 Å². The second kappa shape index (κ2) is 5.08. The number of carbonyl (C=O) groups excluding carboxylic acids is 1. The molecule has 1 aliphatic heterocycles. The molecule has 0 spiro atoms. The molecule has 0 bridgehead atoms. The fourth-order valence-corrected chi connectivity index (χ4v) is 2.57. The SMILES string of the molecule is COc1ccc(NC2(C#N)C(=O)Nc3ccc(C)cc32)cc1. The van der Waals surface area contributed by atoms with E-state index in [4.69, 9.17) is 4.74 Å². The molecule has 0 fully saturated rings. The third-order valence-corrected chi connectivity index (χ3v) is 3.76. The maximum Gasteiger partial charge on any atom is 0.269 e. The summed E-state index contributed by atoms with van der Waals surface area (Å²) in [5, 5.41) is 15.5. The third-order valence-electron chi connectivity index (χ3n) is 3.76. The highest BCUT2D eigenvalue weighted by atomic mass is 16.5. The number of anilines is 2. The zero-order valence-corrected chi connectivity index (χ0v) is 12.3. The lowest BCUT2D eigenvalue weighted by molar-refractivity contribution is -0.118. The molecule has 2 N–H and O–H groups in total. The summed E-state index contributed by atoms with van der Waals surface area (Å²) < 4.78 is 5.11. The van der Waals surface area contributed by atoms with E-state index < -0.39 is 5.54 Å². The zero-order valence-electron chi connectivity index (χ0n) is 12.3. The summed E-state index contributed by atoms with van der Waals surface area (Å²) in [6.45, 7) is 1.93. The molecule has 0 saturated heterocycles. The molecular weight excluding hydrogens is 278 g/mol. The average Bonchev–Trinajstić information content (AvgIpc) is 2.80. The molecule has 0 aromatic heterocycles. The van der Waals surface area contributed by atoms with Gasteiger partial charge in [0.2, 0.25) is 5.54 Å². The maximum atomic E-state index is 12.4. The van der Waals surface area contributed by atoms with Crippen LogP contribution in [0.25, 0.3) is 0 Å². The van der Waals surface area contributed by atoms with Gasteiger partial charge in [-0.05, 0) is 37.3 Å². The van der Waals surface area contributed by atoms with Crippen molar-refractivity contribution in [3.63, 3.8) is 0 Å². The fourth-order valence-electron chi connectivity index (χ4n) is 2.57. The number of methoxy groups -OCH3 is 1. The average molecular weight is 293 g/mol. The van der Waals surface area contributed by atoms with E-state index in [2.05, 4.69) is 16.7 Å². The monoisotopic (exact) mass is 293 g/mol. The number of benzene rings is 2.